The fraction of sp³-hybridized carbons (Fsp3) is 0.375. The van der Waals surface area contributed by atoms with Crippen LogP contribution in [0.1, 0.15) is 12.0 Å². The van der Waals surface area contributed by atoms with Gasteiger partial charge in [-0.3, -0.25) is 9.88 Å². The summed E-state index contributed by atoms with van der Waals surface area (Å²) in [5.41, 5.74) is 1.27. The minimum absolute atomic E-state index is 0.687. The first-order valence-electron chi connectivity index (χ1n) is 7.26. The molecule has 1 aliphatic heterocycles. The molecule has 3 heterocycles. The third-order valence-corrected chi connectivity index (χ3v) is 4.21. The molecule has 2 aromatic rings. The van der Waals surface area contributed by atoms with Crippen molar-refractivity contribution in [1.29, 1.82) is 0 Å². The van der Waals surface area contributed by atoms with Crippen molar-refractivity contribution in [2.24, 2.45) is 5.92 Å². The average molecular weight is 347 g/mol. The third kappa shape index (κ3) is 4.25. The van der Waals surface area contributed by atoms with E-state index in [9.17, 15) is 0 Å². The molecule has 1 fully saturated rings. The van der Waals surface area contributed by atoms with Gasteiger partial charge in [0.25, 0.3) is 0 Å². The van der Waals surface area contributed by atoms with Crippen molar-refractivity contribution in [2.75, 3.05) is 25.0 Å². The summed E-state index contributed by atoms with van der Waals surface area (Å²) in [5.74, 6) is 1.65. The van der Waals surface area contributed by atoms with Crippen LogP contribution < -0.4 is 5.32 Å². The van der Waals surface area contributed by atoms with E-state index in [-0.39, 0.29) is 0 Å². The molecule has 0 aromatic carbocycles. The number of nitrogens with zero attached hydrogens (tertiary/aromatic N) is 3. The second-order valence-electron chi connectivity index (χ2n) is 5.50. The predicted octanol–water partition coefficient (Wildman–Crippen LogP) is 3.17. The van der Waals surface area contributed by atoms with Gasteiger partial charge < -0.3 is 5.32 Å². The van der Waals surface area contributed by atoms with Crippen LogP contribution in [0.4, 0.5) is 5.82 Å². The van der Waals surface area contributed by atoms with Crippen molar-refractivity contribution in [3.05, 3.63) is 52.9 Å². The molecule has 0 spiro atoms. The lowest BCUT2D eigenvalue weighted by Gasteiger charge is -2.16. The van der Waals surface area contributed by atoms with Crippen LogP contribution in [0.3, 0.4) is 0 Å². The van der Waals surface area contributed by atoms with Gasteiger partial charge in [0.15, 0.2) is 0 Å². The summed E-state index contributed by atoms with van der Waals surface area (Å²) < 4.78 is 1.05. The molecule has 0 aliphatic carbocycles. The number of aromatic nitrogens is 2. The number of hydrogen-bond donors (Lipinski definition) is 1. The molecule has 0 radical (unpaired) electrons. The lowest BCUT2D eigenvalue weighted by molar-refractivity contribution is 0.318. The van der Waals surface area contributed by atoms with Crippen molar-refractivity contribution in [3.63, 3.8) is 0 Å². The number of hydrogen-bond acceptors (Lipinski definition) is 4. The van der Waals surface area contributed by atoms with Gasteiger partial charge in [-0.2, -0.15) is 0 Å². The van der Waals surface area contributed by atoms with E-state index >= 15 is 0 Å². The smallest absolute Gasteiger partial charge is 0.125 e. The monoisotopic (exact) mass is 346 g/mol. The van der Waals surface area contributed by atoms with Gasteiger partial charge in [-0.25, -0.2) is 4.98 Å². The average Bonchev–Trinajstić information content (AvgIpc) is 2.94. The van der Waals surface area contributed by atoms with Crippen molar-refractivity contribution in [1.82, 2.24) is 14.9 Å². The summed E-state index contributed by atoms with van der Waals surface area (Å²) in [6.07, 6.45) is 6.84. The van der Waals surface area contributed by atoms with Gasteiger partial charge in [0.1, 0.15) is 5.82 Å². The highest BCUT2D eigenvalue weighted by molar-refractivity contribution is 9.10. The van der Waals surface area contributed by atoms with E-state index < -0.39 is 0 Å². The molecule has 0 amide bonds. The Balaban J connectivity index is 1.47. The van der Waals surface area contributed by atoms with E-state index in [0.717, 1.165) is 36.5 Å². The van der Waals surface area contributed by atoms with Crippen LogP contribution >= 0.6 is 15.9 Å². The lowest BCUT2D eigenvalue weighted by atomic mass is 10.1. The minimum Gasteiger partial charge on any atom is -0.370 e. The molecule has 4 nitrogen and oxygen atoms in total. The minimum atomic E-state index is 0.687. The summed E-state index contributed by atoms with van der Waals surface area (Å²) in [6, 6.07) is 8.11. The first-order valence-corrected chi connectivity index (χ1v) is 8.05. The largest absolute Gasteiger partial charge is 0.370 e. The molecule has 0 unspecified atom stereocenters. The number of nitrogens with one attached hydrogen (secondary N) is 1. The molecular formula is C16H19BrN4. The molecule has 1 aliphatic rings. The molecule has 1 saturated heterocycles. The Hall–Kier alpha value is -1.46. The highest BCUT2D eigenvalue weighted by Gasteiger charge is 2.22. The van der Waals surface area contributed by atoms with Crippen LogP contribution in [0.5, 0.6) is 0 Å². The Labute approximate surface area is 133 Å². The predicted molar refractivity (Wildman–Crippen MR) is 88.0 cm³/mol. The lowest BCUT2D eigenvalue weighted by Crippen LogP contribution is -2.22. The van der Waals surface area contributed by atoms with Crippen LogP contribution in [0, 0.1) is 5.92 Å². The summed E-state index contributed by atoms with van der Waals surface area (Å²) in [4.78, 5) is 11.0. The van der Waals surface area contributed by atoms with Crippen molar-refractivity contribution >= 4 is 21.7 Å². The van der Waals surface area contributed by atoms with E-state index in [2.05, 4.69) is 42.2 Å². The number of halogens is 1. The second kappa shape index (κ2) is 7.00. The Morgan fingerprint density at radius 1 is 1.33 bits per heavy atom. The fourth-order valence-corrected chi connectivity index (χ4v) is 3.15. The van der Waals surface area contributed by atoms with Crippen LogP contribution in [-0.4, -0.2) is 34.5 Å². The zero-order valence-corrected chi connectivity index (χ0v) is 13.5. The number of anilines is 1. The van der Waals surface area contributed by atoms with E-state index in [1.54, 1.807) is 0 Å². The molecule has 5 heteroatoms. The van der Waals surface area contributed by atoms with E-state index in [1.807, 2.05) is 36.8 Å². The van der Waals surface area contributed by atoms with Gasteiger partial charge in [-0.1, -0.05) is 6.07 Å². The summed E-state index contributed by atoms with van der Waals surface area (Å²) in [6.45, 7) is 4.25. The number of pyridine rings is 2. The molecule has 21 heavy (non-hydrogen) atoms. The molecule has 2 aromatic heterocycles. The third-order valence-electron chi connectivity index (χ3n) is 3.77. The topological polar surface area (TPSA) is 41.1 Å². The molecule has 110 valence electrons. The van der Waals surface area contributed by atoms with Gasteiger partial charge in [0, 0.05) is 42.7 Å². The maximum absolute atomic E-state index is 4.30. The van der Waals surface area contributed by atoms with Gasteiger partial charge in [-0.15, -0.1) is 0 Å². The van der Waals surface area contributed by atoms with E-state index in [4.69, 9.17) is 0 Å². The quantitative estimate of drug-likeness (QED) is 0.902. The highest BCUT2D eigenvalue weighted by Crippen LogP contribution is 2.20. The Morgan fingerprint density at radius 2 is 2.29 bits per heavy atom. The number of rotatable bonds is 5. The first-order chi connectivity index (χ1) is 10.3. The highest BCUT2D eigenvalue weighted by atomic mass is 79.9. The van der Waals surface area contributed by atoms with E-state index in [1.165, 1.54) is 12.0 Å². The van der Waals surface area contributed by atoms with Crippen molar-refractivity contribution in [2.45, 2.75) is 13.0 Å². The molecule has 0 bridgehead atoms. The Kier molecular flexibility index (Phi) is 4.83. The molecule has 3 rings (SSSR count). The summed E-state index contributed by atoms with van der Waals surface area (Å²) >= 11 is 3.48. The summed E-state index contributed by atoms with van der Waals surface area (Å²) in [7, 11) is 0. The molecule has 0 saturated carbocycles. The zero-order valence-electron chi connectivity index (χ0n) is 11.9. The SMILES string of the molecule is Brc1cncc(CN2CC[C@@H](CNc3ccccn3)C2)c1. The van der Waals surface area contributed by atoms with Crippen LogP contribution in [-0.2, 0) is 6.54 Å². The Morgan fingerprint density at radius 3 is 3.10 bits per heavy atom. The van der Waals surface area contributed by atoms with Gasteiger partial charge in [-0.05, 0) is 58.6 Å². The second-order valence-corrected chi connectivity index (χ2v) is 6.41. The van der Waals surface area contributed by atoms with Crippen LogP contribution in [0.15, 0.2) is 47.3 Å². The zero-order chi connectivity index (χ0) is 14.5. The number of likely N-dealkylation sites (tertiary alicyclic amines) is 1. The molecular weight excluding hydrogens is 328 g/mol. The normalized spacial score (nSPS) is 18.8. The van der Waals surface area contributed by atoms with Crippen molar-refractivity contribution < 1.29 is 0 Å². The van der Waals surface area contributed by atoms with Crippen LogP contribution in [0.2, 0.25) is 0 Å². The summed E-state index contributed by atoms with van der Waals surface area (Å²) in [5, 5.41) is 3.42. The van der Waals surface area contributed by atoms with Gasteiger partial charge in [0.05, 0.1) is 0 Å². The Bertz CT molecular complexity index is 575. The van der Waals surface area contributed by atoms with Gasteiger partial charge >= 0.3 is 0 Å². The standard InChI is InChI=1S/C16H19BrN4/c17-15-7-14(8-18-10-15)12-21-6-4-13(11-21)9-20-16-3-1-2-5-19-16/h1-3,5,7-8,10,13H,4,6,9,11-12H2,(H,19,20)/t13-/m0/s1. The molecule has 1 N–H and O–H groups in total. The maximum atomic E-state index is 4.30. The fourth-order valence-electron chi connectivity index (χ4n) is 2.74. The van der Waals surface area contributed by atoms with E-state index in [0.29, 0.717) is 5.92 Å². The van der Waals surface area contributed by atoms with Crippen molar-refractivity contribution in [3.8, 4) is 0 Å². The first kappa shape index (κ1) is 14.5. The molecule has 1 atom stereocenters. The van der Waals surface area contributed by atoms with Crippen LogP contribution in [0.25, 0.3) is 0 Å². The van der Waals surface area contributed by atoms with Gasteiger partial charge in [0.2, 0.25) is 0 Å². The maximum Gasteiger partial charge on any atom is 0.125 e.